The smallest absolute Gasteiger partial charge is 0.270 e. The molecule has 1 aromatic heterocycles. The van der Waals surface area contributed by atoms with Crippen molar-refractivity contribution in [1.82, 2.24) is 9.88 Å². The molecule has 1 saturated heterocycles. The molecule has 2 amide bonds. The minimum Gasteiger partial charge on any atom is -0.508 e. The van der Waals surface area contributed by atoms with Gasteiger partial charge in [0.1, 0.15) is 11.3 Å². The number of aromatic hydroxyl groups is 1. The lowest BCUT2D eigenvalue weighted by Gasteiger charge is -2.30. The largest absolute Gasteiger partial charge is 0.508 e. The fourth-order valence-corrected chi connectivity index (χ4v) is 3.64. The molecular weight excluding hydrogens is 398 g/mol. The maximum absolute atomic E-state index is 13.3. The summed E-state index contributed by atoms with van der Waals surface area (Å²) in [5.74, 6) is -0.855. The molecule has 30 heavy (non-hydrogen) atoms. The van der Waals surface area contributed by atoms with E-state index in [1.54, 1.807) is 42.5 Å². The van der Waals surface area contributed by atoms with E-state index in [2.05, 4.69) is 5.32 Å². The van der Waals surface area contributed by atoms with E-state index in [-0.39, 0.29) is 16.4 Å². The van der Waals surface area contributed by atoms with Crippen LogP contribution in [-0.2, 0) is 9.59 Å². The van der Waals surface area contributed by atoms with E-state index >= 15 is 0 Å². The summed E-state index contributed by atoms with van der Waals surface area (Å²) in [4.78, 5) is 27.3. The Labute approximate surface area is 179 Å². The van der Waals surface area contributed by atoms with Crippen LogP contribution in [-0.4, -0.2) is 26.6 Å². The first kappa shape index (κ1) is 19.6. The van der Waals surface area contributed by atoms with Crippen molar-refractivity contribution in [3.8, 4) is 11.4 Å². The highest BCUT2D eigenvalue weighted by molar-refractivity contribution is 7.80. The van der Waals surface area contributed by atoms with Crippen LogP contribution in [0.4, 0.5) is 5.69 Å². The van der Waals surface area contributed by atoms with Gasteiger partial charge in [0.15, 0.2) is 5.11 Å². The van der Waals surface area contributed by atoms with E-state index in [4.69, 9.17) is 12.2 Å². The molecule has 2 heterocycles. The number of carbonyl (C=O) groups excluding carboxylic acids is 2. The Morgan fingerprint density at radius 3 is 2.47 bits per heavy atom. The van der Waals surface area contributed by atoms with Crippen molar-refractivity contribution in [2.45, 2.75) is 13.8 Å². The van der Waals surface area contributed by atoms with Gasteiger partial charge in [-0.1, -0.05) is 12.1 Å². The molecule has 6 nitrogen and oxygen atoms in total. The summed E-state index contributed by atoms with van der Waals surface area (Å²) < 4.78 is 1.82. The number of nitrogens with zero attached hydrogens (tertiary/aromatic N) is 2. The van der Waals surface area contributed by atoms with Crippen LogP contribution >= 0.6 is 12.2 Å². The van der Waals surface area contributed by atoms with Crippen molar-refractivity contribution in [2.24, 2.45) is 0 Å². The number of rotatable bonds is 3. The summed E-state index contributed by atoms with van der Waals surface area (Å²) in [6, 6.07) is 15.9. The standard InChI is InChI=1S/C23H19N3O3S/c1-14-5-3-7-20(15(14)2)26-22(29)19(21(28)24-23(26)30)13-17-6-4-12-25(17)16-8-10-18(27)11-9-16/h3-13,27H,1-2H3,(H,24,28,30)/b19-13-. The van der Waals surface area contributed by atoms with Crippen LogP contribution in [0.15, 0.2) is 66.4 Å². The van der Waals surface area contributed by atoms with Gasteiger partial charge in [0.05, 0.1) is 5.69 Å². The quantitative estimate of drug-likeness (QED) is 0.388. The van der Waals surface area contributed by atoms with E-state index in [0.29, 0.717) is 11.4 Å². The minimum absolute atomic E-state index is 0.0109. The predicted octanol–water partition coefficient (Wildman–Crippen LogP) is 3.63. The molecule has 0 atom stereocenters. The number of hydrogen-bond donors (Lipinski definition) is 2. The SMILES string of the molecule is Cc1cccc(N2C(=O)/C(=C\c3cccn3-c3ccc(O)cc3)C(=O)NC2=S)c1C. The Bertz CT molecular complexity index is 1210. The first-order valence-corrected chi connectivity index (χ1v) is 9.72. The van der Waals surface area contributed by atoms with Crippen molar-refractivity contribution >= 4 is 40.9 Å². The Balaban J connectivity index is 1.77. The summed E-state index contributed by atoms with van der Waals surface area (Å²) >= 11 is 5.30. The third-order valence-corrected chi connectivity index (χ3v) is 5.40. The molecule has 0 bridgehead atoms. The fraction of sp³-hybridized carbons (Fsp3) is 0.0870. The van der Waals surface area contributed by atoms with Gasteiger partial charge >= 0.3 is 0 Å². The summed E-state index contributed by atoms with van der Waals surface area (Å²) in [6.07, 6.45) is 3.36. The van der Waals surface area contributed by atoms with Gasteiger partial charge < -0.3 is 9.67 Å². The van der Waals surface area contributed by atoms with E-state index in [1.807, 2.05) is 42.8 Å². The van der Waals surface area contributed by atoms with Gasteiger partial charge in [0, 0.05) is 17.6 Å². The number of phenolic OH excluding ortho intramolecular Hbond substituents is 1. The first-order valence-electron chi connectivity index (χ1n) is 9.31. The average Bonchev–Trinajstić information content (AvgIpc) is 3.17. The van der Waals surface area contributed by atoms with Crippen molar-refractivity contribution in [2.75, 3.05) is 4.90 Å². The average molecular weight is 417 g/mol. The zero-order valence-corrected chi connectivity index (χ0v) is 17.2. The molecule has 4 rings (SSSR count). The summed E-state index contributed by atoms with van der Waals surface area (Å²) in [7, 11) is 0. The number of anilines is 1. The van der Waals surface area contributed by atoms with Crippen molar-refractivity contribution in [3.05, 3.63) is 83.2 Å². The highest BCUT2D eigenvalue weighted by atomic mass is 32.1. The van der Waals surface area contributed by atoms with Crippen LogP contribution in [0.3, 0.4) is 0 Å². The summed E-state index contributed by atoms with van der Waals surface area (Å²) in [6.45, 7) is 3.87. The monoisotopic (exact) mass is 417 g/mol. The Morgan fingerprint density at radius 1 is 1.00 bits per heavy atom. The van der Waals surface area contributed by atoms with Gasteiger partial charge in [-0.3, -0.25) is 19.8 Å². The molecule has 0 aliphatic carbocycles. The van der Waals surface area contributed by atoms with E-state index in [9.17, 15) is 14.7 Å². The molecule has 1 aliphatic rings. The lowest BCUT2D eigenvalue weighted by atomic mass is 10.0. The van der Waals surface area contributed by atoms with Crippen LogP contribution in [0, 0.1) is 13.8 Å². The normalized spacial score (nSPS) is 15.6. The Kier molecular flexibility index (Phi) is 4.97. The number of aryl methyl sites for hydroxylation is 1. The third-order valence-electron chi connectivity index (χ3n) is 5.12. The van der Waals surface area contributed by atoms with E-state index in [1.165, 1.54) is 4.90 Å². The number of thiocarbonyl (C=S) groups is 1. The molecule has 0 unspecified atom stereocenters. The van der Waals surface area contributed by atoms with Crippen molar-refractivity contribution in [3.63, 3.8) is 0 Å². The molecule has 2 N–H and O–H groups in total. The van der Waals surface area contributed by atoms with Gasteiger partial charge in [-0.25, -0.2) is 0 Å². The summed E-state index contributed by atoms with van der Waals surface area (Å²) in [5, 5.41) is 12.2. The predicted molar refractivity (Wildman–Crippen MR) is 120 cm³/mol. The van der Waals surface area contributed by atoms with Crippen LogP contribution in [0.1, 0.15) is 16.8 Å². The number of carbonyl (C=O) groups is 2. The van der Waals surface area contributed by atoms with Gasteiger partial charge in [0.2, 0.25) is 0 Å². The fourth-order valence-electron chi connectivity index (χ4n) is 3.36. The molecule has 0 radical (unpaired) electrons. The number of aromatic nitrogens is 1. The van der Waals surface area contributed by atoms with Crippen molar-refractivity contribution in [1.29, 1.82) is 0 Å². The molecule has 3 aromatic rings. The first-order chi connectivity index (χ1) is 14.4. The van der Waals surface area contributed by atoms with Crippen LogP contribution in [0.25, 0.3) is 11.8 Å². The zero-order chi connectivity index (χ0) is 21.4. The van der Waals surface area contributed by atoms with Crippen LogP contribution < -0.4 is 10.2 Å². The molecule has 150 valence electrons. The summed E-state index contributed by atoms with van der Waals surface area (Å²) in [5.41, 5.74) is 4.00. The van der Waals surface area contributed by atoms with Gasteiger partial charge in [-0.15, -0.1) is 0 Å². The van der Waals surface area contributed by atoms with Crippen molar-refractivity contribution < 1.29 is 14.7 Å². The lowest BCUT2D eigenvalue weighted by molar-refractivity contribution is -0.122. The number of benzene rings is 2. The molecule has 0 saturated carbocycles. The topological polar surface area (TPSA) is 74.6 Å². The highest BCUT2D eigenvalue weighted by Crippen LogP contribution is 2.27. The van der Waals surface area contributed by atoms with Crippen LogP contribution in [0.2, 0.25) is 0 Å². The maximum Gasteiger partial charge on any atom is 0.270 e. The maximum atomic E-state index is 13.3. The van der Waals surface area contributed by atoms with Crippen LogP contribution in [0.5, 0.6) is 5.75 Å². The van der Waals surface area contributed by atoms with Gasteiger partial charge in [-0.05, 0) is 85.7 Å². The molecule has 1 aliphatic heterocycles. The second kappa shape index (κ2) is 7.61. The second-order valence-electron chi connectivity index (χ2n) is 7.00. The van der Waals surface area contributed by atoms with E-state index < -0.39 is 11.8 Å². The molecule has 2 aromatic carbocycles. The third kappa shape index (κ3) is 3.40. The zero-order valence-electron chi connectivity index (χ0n) is 16.4. The number of hydrogen-bond acceptors (Lipinski definition) is 4. The Morgan fingerprint density at radius 2 is 1.73 bits per heavy atom. The molecule has 7 heteroatoms. The number of amides is 2. The highest BCUT2D eigenvalue weighted by Gasteiger charge is 2.35. The molecular formula is C23H19N3O3S. The molecule has 1 fully saturated rings. The van der Waals surface area contributed by atoms with Gasteiger partial charge in [0.25, 0.3) is 11.8 Å². The van der Waals surface area contributed by atoms with E-state index in [0.717, 1.165) is 16.8 Å². The molecule has 0 spiro atoms. The second-order valence-corrected chi connectivity index (χ2v) is 7.38. The minimum atomic E-state index is -0.537. The number of phenols is 1. The Hall–Kier alpha value is -3.71. The lowest BCUT2D eigenvalue weighted by Crippen LogP contribution is -2.54. The number of nitrogens with one attached hydrogen (secondary N) is 1. The van der Waals surface area contributed by atoms with Gasteiger partial charge in [-0.2, -0.15) is 0 Å².